The van der Waals surface area contributed by atoms with Gasteiger partial charge in [-0.3, -0.25) is 14.4 Å². The molecule has 0 saturated carbocycles. The molecule has 466 valence electrons. The van der Waals surface area contributed by atoms with Crippen LogP contribution in [0.25, 0.3) is 0 Å². The van der Waals surface area contributed by atoms with Crippen LogP contribution in [-0.2, 0) is 28.6 Å². The Bertz CT molecular complexity index is 1890. The summed E-state index contributed by atoms with van der Waals surface area (Å²) in [6, 6.07) is 0. The molecule has 0 aliphatic carbocycles. The molecule has 1 unspecified atom stereocenters. The summed E-state index contributed by atoms with van der Waals surface area (Å²) in [7, 11) is 0. The molecule has 0 saturated heterocycles. The van der Waals surface area contributed by atoms with Gasteiger partial charge in [-0.05, 0) is 148 Å². The van der Waals surface area contributed by atoms with E-state index in [2.05, 4.69) is 191 Å². The summed E-state index contributed by atoms with van der Waals surface area (Å²) in [6.45, 7) is 6.26. The van der Waals surface area contributed by atoms with Gasteiger partial charge >= 0.3 is 17.9 Å². The van der Waals surface area contributed by atoms with Crippen molar-refractivity contribution in [2.45, 2.75) is 284 Å². The molecule has 6 nitrogen and oxygen atoms in total. The predicted molar refractivity (Wildman–Crippen MR) is 361 cm³/mol. The zero-order valence-electron chi connectivity index (χ0n) is 53.4. The number of hydrogen-bond donors (Lipinski definition) is 0. The smallest absolute Gasteiger partial charge is 0.306 e. The number of allylic oxidation sites excluding steroid dienone is 28. The van der Waals surface area contributed by atoms with E-state index in [4.69, 9.17) is 14.2 Å². The molecule has 0 radical (unpaired) electrons. The summed E-state index contributed by atoms with van der Waals surface area (Å²) >= 11 is 0. The Morgan fingerprint density at radius 2 is 0.434 bits per heavy atom. The van der Waals surface area contributed by atoms with Crippen LogP contribution in [-0.4, -0.2) is 37.2 Å². The lowest BCUT2D eigenvalue weighted by molar-refractivity contribution is -0.167. The Morgan fingerprint density at radius 1 is 0.241 bits per heavy atom. The van der Waals surface area contributed by atoms with Crippen LogP contribution in [0.2, 0.25) is 0 Å². The Balaban J connectivity index is 4.40. The van der Waals surface area contributed by atoms with Gasteiger partial charge in [-0.25, -0.2) is 0 Å². The van der Waals surface area contributed by atoms with Crippen molar-refractivity contribution >= 4 is 17.9 Å². The fourth-order valence-electron chi connectivity index (χ4n) is 8.78. The molecular weight excluding hydrogens is 1020 g/mol. The standard InChI is InChI=1S/C77H122O6/c1-4-7-10-13-16-19-22-25-27-29-31-33-35-37-38-40-41-43-45-47-49-52-55-58-61-64-67-70-76(79)82-73-74(72-81-75(78)69-66-63-60-57-54-51-24-21-18-15-12-9-6-3)83-77(80)71-68-65-62-59-56-53-50-48-46-44-42-39-36-34-32-30-28-26-23-20-17-14-11-8-5-2/h7-12,16-21,25-28,31-34,37-38,41,43,47,49,51,54,74H,4-6,13-15,22-24,29-30,35-36,39-40,42,44-46,48,50,52-53,55-73H2,1-3H3/b10-7-,11-8-,12-9-,19-16-,20-17-,21-18-,27-25-,28-26-,33-31-,34-32-,38-37-,43-41-,49-47-,54-51-. The van der Waals surface area contributed by atoms with Gasteiger partial charge < -0.3 is 14.2 Å². The monoisotopic (exact) mass is 1140 g/mol. The van der Waals surface area contributed by atoms with Crippen LogP contribution in [0.1, 0.15) is 278 Å². The molecule has 0 N–H and O–H groups in total. The summed E-state index contributed by atoms with van der Waals surface area (Å²) in [5.74, 6) is -0.956. The van der Waals surface area contributed by atoms with Crippen molar-refractivity contribution in [2.75, 3.05) is 13.2 Å². The molecule has 0 aromatic carbocycles. The Morgan fingerprint density at radius 3 is 0.687 bits per heavy atom. The van der Waals surface area contributed by atoms with E-state index < -0.39 is 6.10 Å². The average molecular weight is 1140 g/mol. The maximum Gasteiger partial charge on any atom is 0.306 e. The molecule has 1 atom stereocenters. The molecule has 0 amide bonds. The van der Waals surface area contributed by atoms with Gasteiger partial charge in [-0.1, -0.05) is 281 Å². The molecule has 0 spiro atoms. The predicted octanol–water partition coefficient (Wildman–Crippen LogP) is 23.4. The van der Waals surface area contributed by atoms with E-state index in [1.165, 1.54) is 64.2 Å². The van der Waals surface area contributed by atoms with E-state index in [9.17, 15) is 14.4 Å². The van der Waals surface area contributed by atoms with Gasteiger partial charge in [0.05, 0.1) is 0 Å². The molecule has 0 bridgehead atoms. The summed E-state index contributed by atoms with van der Waals surface area (Å²) in [5, 5.41) is 0. The number of hydrogen-bond acceptors (Lipinski definition) is 6. The third kappa shape index (κ3) is 67.4. The summed E-state index contributed by atoms with van der Waals surface area (Å²) in [4.78, 5) is 38.4. The zero-order chi connectivity index (χ0) is 59.9. The number of ether oxygens (including phenoxy) is 3. The Hall–Kier alpha value is -5.23. The second kappa shape index (κ2) is 69.3. The number of unbranched alkanes of at least 4 members (excludes halogenated alkanes) is 20. The quantitative estimate of drug-likeness (QED) is 0.0261. The molecule has 0 rings (SSSR count). The zero-order valence-corrected chi connectivity index (χ0v) is 53.4. The van der Waals surface area contributed by atoms with Crippen LogP contribution >= 0.6 is 0 Å². The first-order chi connectivity index (χ1) is 41.0. The lowest BCUT2D eigenvalue weighted by Crippen LogP contribution is -2.30. The first-order valence-corrected chi connectivity index (χ1v) is 33.6. The number of rotatable bonds is 59. The van der Waals surface area contributed by atoms with E-state index in [1.54, 1.807) is 0 Å². The molecule has 0 aromatic rings. The number of carbonyl (C=O) groups excluding carboxylic acids is 3. The summed E-state index contributed by atoms with van der Waals surface area (Å²) in [5.41, 5.74) is 0. The van der Waals surface area contributed by atoms with Crippen LogP contribution in [0.4, 0.5) is 0 Å². The highest BCUT2D eigenvalue weighted by molar-refractivity contribution is 5.71. The van der Waals surface area contributed by atoms with Crippen LogP contribution in [0.3, 0.4) is 0 Å². The van der Waals surface area contributed by atoms with Gasteiger partial charge in [-0.15, -0.1) is 0 Å². The average Bonchev–Trinajstić information content (AvgIpc) is 3.49. The lowest BCUT2D eigenvalue weighted by atomic mass is 10.0. The van der Waals surface area contributed by atoms with Gasteiger partial charge in [-0.2, -0.15) is 0 Å². The second-order valence-corrected chi connectivity index (χ2v) is 21.6. The molecule has 0 aromatic heterocycles. The largest absolute Gasteiger partial charge is 0.462 e. The van der Waals surface area contributed by atoms with Crippen molar-refractivity contribution in [3.05, 3.63) is 170 Å². The van der Waals surface area contributed by atoms with Gasteiger partial charge in [0.15, 0.2) is 6.10 Å². The highest BCUT2D eigenvalue weighted by Gasteiger charge is 2.19. The van der Waals surface area contributed by atoms with Crippen LogP contribution < -0.4 is 0 Å². The number of esters is 3. The lowest BCUT2D eigenvalue weighted by Gasteiger charge is -2.18. The van der Waals surface area contributed by atoms with Gasteiger partial charge in [0.1, 0.15) is 13.2 Å². The maximum absolute atomic E-state index is 12.9. The van der Waals surface area contributed by atoms with Crippen LogP contribution in [0.15, 0.2) is 170 Å². The van der Waals surface area contributed by atoms with Gasteiger partial charge in [0.2, 0.25) is 0 Å². The minimum Gasteiger partial charge on any atom is -0.462 e. The SMILES string of the molecule is CC/C=C\C/C=C\C/C=C\C/C=C\C/C=C\C/C=C\C/C=C\CCCCCCCC(=O)OCC(COC(=O)CCCCC/C=C\C/C=C\C/C=C\CC)OC(=O)CCCCCCCCCCCCCC/C=C\C/C=C\C/C=C\C/C=C\CC. The third-order valence-corrected chi connectivity index (χ3v) is 13.7. The molecule has 0 fully saturated rings. The van der Waals surface area contributed by atoms with Crippen molar-refractivity contribution in [2.24, 2.45) is 0 Å². The van der Waals surface area contributed by atoms with Crippen molar-refractivity contribution < 1.29 is 28.6 Å². The first-order valence-electron chi connectivity index (χ1n) is 33.6. The van der Waals surface area contributed by atoms with Crippen molar-refractivity contribution in [1.29, 1.82) is 0 Å². The van der Waals surface area contributed by atoms with Crippen molar-refractivity contribution in [3.8, 4) is 0 Å². The van der Waals surface area contributed by atoms with E-state index in [0.29, 0.717) is 19.3 Å². The molecule has 0 heterocycles. The molecule has 0 aliphatic heterocycles. The normalized spacial score (nSPS) is 13.2. The van der Waals surface area contributed by atoms with Gasteiger partial charge in [0, 0.05) is 19.3 Å². The second-order valence-electron chi connectivity index (χ2n) is 21.6. The molecular formula is C77H122O6. The van der Waals surface area contributed by atoms with Crippen LogP contribution in [0.5, 0.6) is 0 Å². The topological polar surface area (TPSA) is 78.9 Å². The third-order valence-electron chi connectivity index (χ3n) is 13.7. The highest BCUT2D eigenvalue weighted by Crippen LogP contribution is 2.15. The Kier molecular flexibility index (Phi) is 64.9. The molecule has 6 heteroatoms. The first kappa shape index (κ1) is 77.8. The maximum atomic E-state index is 12.9. The highest BCUT2D eigenvalue weighted by atomic mass is 16.6. The van der Waals surface area contributed by atoms with E-state index in [-0.39, 0.29) is 31.1 Å². The fraction of sp³-hybridized carbons (Fsp3) is 0.597. The Labute approximate surface area is 511 Å². The van der Waals surface area contributed by atoms with E-state index >= 15 is 0 Å². The minimum atomic E-state index is -0.810. The van der Waals surface area contributed by atoms with E-state index in [1.807, 2.05) is 0 Å². The van der Waals surface area contributed by atoms with Crippen LogP contribution in [0, 0.1) is 0 Å². The van der Waals surface area contributed by atoms with E-state index in [0.717, 1.165) is 173 Å². The molecule has 83 heavy (non-hydrogen) atoms. The minimum absolute atomic E-state index is 0.105. The summed E-state index contributed by atoms with van der Waals surface area (Å²) in [6.07, 6.45) is 102. The molecule has 0 aliphatic rings. The van der Waals surface area contributed by atoms with Crippen molar-refractivity contribution in [3.63, 3.8) is 0 Å². The summed E-state index contributed by atoms with van der Waals surface area (Å²) < 4.78 is 16.9. The number of carbonyl (C=O) groups is 3. The van der Waals surface area contributed by atoms with Gasteiger partial charge in [0.25, 0.3) is 0 Å². The van der Waals surface area contributed by atoms with Crippen molar-refractivity contribution in [1.82, 2.24) is 0 Å². The fourth-order valence-corrected chi connectivity index (χ4v) is 8.78.